The number of anilines is 1. The van der Waals surface area contributed by atoms with Gasteiger partial charge in [0.05, 0.1) is 17.8 Å². The summed E-state index contributed by atoms with van der Waals surface area (Å²) in [5.41, 5.74) is 1.29. The second-order valence-electron chi connectivity index (χ2n) is 13.5. The van der Waals surface area contributed by atoms with Gasteiger partial charge in [0.25, 0.3) is 0 Å². The van der Waals surface area contributed by atoms with E-state index in [2.05, 4.69) is 48.7 Å². The summed E-state index contributed by atoms with van der Waals surface area (Å²) >= 11 is 0. The number of fused-ring (bicyclic) bond motifs is 2. The van der Waals surface area contributed by atoms with E-state index in [1.165, 1.54) is 31.2 Å². The van der Waals surface area contributed by atoms with Gasteiger partial charge in [-0.15, -0.1) is 0 Å². The van der Waals surface area contributed by atoms with E-state index < -0.39 is 11.7 Å². The molecule has 4 N–H and O–H groups in total. The molecule has 1 aromatic carbocycles. The Balaban J connectivity index is 1.26. The van der Waals surface area contributed by atoms with Crippen LogP contribution in [0.5, 0.6) is 0 Å². The molecule has 6 aliphatic rings. The molecule has 200 valence electrons. The molecule has 0 amide bonds. The van der Waals surface area contributed by atoms with Crippen molar-refractivity contribution in [2.75, 3.05) is 19.0 Å². The fourth-order valence-corrected chi connectivity index (χ4v) is 11.7. The molecule has 5 nitrogen and oxygen atoms in total. The van der Waals surface area contributed by atoms with E-state index in [4.69, 9.17) is 4.74 Å². The van der Waals surface area contributed by atoms with Gasteiger partial charge in [0.1, 0.15) is 11.7 Å². The Morgan fingerprint density at radius 1 is 1.22 bits per heavy atom. The van der Waals surface area contributed by atoms with E-state index in [1.807, 2.05) is 6.08 Å². The smallest absolute Gasteiger partial charge is 0.111 e. The fourth-order valence-electron chi connectivity index (χ4n) is 11.7. The zero-order chi connectivity index (χ0) is 25.8. The lowest BCUT2D eigenvalue weighted by atomic mass is 9.41. The molecule has 0 heterocycles. The van der Waals surface area contributed by atoms with E-state index >= 15 is 0 Å². The molecule has 5 bridgehead atoms. The molecule has 37 heavy (non-hydrogen) atoms. The number of methoxy groups -OCH3 is 1. The predicted molar refractivity (Wildman–Crippen MR) is 144 cm³/mol. The third kappa shape index (κ3) is 2.67. The third-order valence-electron chi connectivity index (χ3n) is 12.7. The number of aliphatic hydroxyl groups is 3. The van der Waals surface area contributed by atoms with Crippen LogP contribution in [0.3, 0.4) is 0 Å². The highest BCUT2D eigenvalue weighted by molar-refractivity contribution is 5.47. The first kappa shape index (κ1) is 24.2. The highest BCUT2D eigenvalue weighted by Gasteiger charge is 2.88. The summed E-state index contributed by atoms with van der Waals surface area (Å²) in [7, 11) is 1.69. The minimum Gasteiger partial charge on any atom is -0.512 e. The molecular formula is C32H43NO4. The van der Waals surface area contributed by atoms with Gasteiger partial charge in [0, 0.05) is 24.8 Å². The molecule has 0 saturated heterocycles. The Kier molecular flexibility index (Phi) is 5.15. The Bertz CT molecular complexity index is 1160. The normalized spacial score (nSPS) is 49.4. The van der Waals surface area contributed by atoms with E-state index in [9.17, 15) is 15.3 Å². The van der Waals surface area contributed by atoms with E-state index in [0.717, 1.165) is 24.9 Å². The molecule has 1 aromatic rings. The van der Waals surface area contributed by atoms with Crippen molar-refractivity contribution in [3.8, 4) is 0 Å². The van der Waals surface area contributed by atoms with E-state index in [0.29, 0.717) is 36.0 Å². The molecule has 0 radical (unpaired) electrons. The van der Waals surface area contributed by atoms with Crippen LogP contribution in [0.25, 0.3) is 0 Å². The number of nitrogens with one attached hydrogen (secondary N) is 1. The van der Waals surface area contributed by atoms with Gasteiger partial charge >= 0.3 is 0 Å². The zero-order valence-electron chi connectivity index (χ0n) is 22.5. The summed E-state index contributed by atoms with van der Waals surface area (Å²) in [5.74, 6) is 2.03. The van der Waals surface area contributed by atoms with Gasteiger partial charge in [0.15, 0.2) is 0 Å². The molecule has 0 aromatic heterocycles. The minimum absolute atomic E-state index is 0.0229. The monoisotopic (exact) mass is 505 g/mol. The average Bonchev–Trinajstić information content (AvgIpc) is 3.45. The van der Waals surface area contributed by atoms with E-state index in [-0.39, 0.29) is 28.3 Å². The second kappa shape index (κ2) is 7.86. The Morgan fingerprint density at radius 2 is 2.03 bits per heavy atom. The number of hydrogen-bond donors (Lipinski definition) is 4. The number of rotatable bonds is 6. The molecular weight excluding hydrogens is 462 g/mol. The number of allylic oxidation sites excluding steroid dienone is 2. The maximum Gasteiger partial charge on any atom is 0.111 e. The number of ether oxygens (including phenoxy) is 1. The molecule has 4 fully saturated rings. The van der Waals surface area contributed by atoms with Crippen molar-refractivity contribution in [1.29, 1.82) is 0 Å². The van der Waals surface area contributed by atoms with Crippen LogP contribution in [0.2, 0.25) is 0 Å². The van der Waals surface area contributed by atoms with Crippen molar-refractivity contribution in [3.63, 3.8) is 0 Å². The maximum absolute atomic E-state index is 12.7. The number of aliphatic hydroxyl groups excluding tert-OH is 2. The lowest BCUT2D eigenvalue weighted by molar-refractivity contribution is -0.227. The summed E-state index contributed by atoms with van der Waals surface area (Å²) in [4.78, 5) is 0. The summed E-state index contributed by atoms with van der Waals surface area (Å²) in [6.07, 6.45) is 13.9. The van der Waals surface area contributed by atoms with Crippen LogP contribution < -0.4 is 5.32 Å². The summed E-state index contributed by atoms with van der Waals surface area (Å²) in [6, 6.07) is 8.72. The number of benzene rings is 1. The molecule has 5 heteroatoms. The highest BCUT2D eigenvalue weighted by Crippen LogP contribution is 2.89. The highest BCUT2D eigenvalue weighted by atomic mass is 16.5. The second-order valence-corrected chi connectivity index (χ2v) is 13.5. The van der Waals surface area contributed by atoms with Gasteiger partial charge in [-0.1, -0.05) is 31.2 Å². The standard InChI is InChI=1S/C32H43NO4/c1-19(34)18-33-23-7-4-6-20(15-23)14-21-9-12-30-13-10-22-16-25-28-26(35)17-27(37-3)32(28,36)31(22,29(25,30)2)11-5-8-24(21)30/h4-8,15,17,19,21-22,24-25,27-28,33-36H,9-14,16,18H2,1-3H3/t19-,21-,22+,24-,25-,27+,28+,29+,30+,31-,32+/m0/s1. The largest absolute Gasteiger partial charge is 0.512 e. The van der Waals surface area contributed by atoms with Gasteiger partial charge < -0.3 is 25.4 Å². The summed E-state index contributed by atoms with van der Waals surface area (Å²) in [5, 5.41) is 36.9. The van der Waals surface area contributed by atoms with Crippen LogP contribution in [0.4, 0.5) is 5.69 Å². The van der Waals surface area contributed by atoms with Crippen molar-refractivity contribution >= 4 is 5.69 Å². The first-order valence-corrected chi connectivity index (χ1v) is 14.6. The van der Waals surface area contributed by atoms with Crippen molar-refractivity contribution in [2.24, 2.45) is 45.8 Å². The van der Waals surface area contributed by atoms with Crippen molar-refractivity contribution < 1.29 is 20.1 Å². The van der Waals surface area contributed by atoms with Crippen molar-refractivity contribution in [2.45, 2.75) is 76.6 Å². The summed E-state index contributed by atoms with van der Waals surface area (Å²) < 4.78 is 5.91. The quantitative estimate of drug-likeness (QED) is 0.397. The van der Waals surface area contributed by atoms with Gasteiger partial charge in [-0.05, 0) is 110 Å². The van der Waals surface area contributed by atoms with Gasteiger partial charge in [0.2, 0.25) is 0 Å². The minimum atomic E-state index is -1.03. The SMILES string of the molecule is CO[C@@H]1C=C(O)[C@H]2[C@@H]3C[C@H]4CC[C@]56CC[C@@H](Cc7cccc(NC[C@H](C)O)c7)[C@@H]5C=CC[C@@]4([C@@]12O)[C@]36C. The fraction of sp³-hybridized carbons (Fsp3) is 0.688. The predicted octanol–water partition coefficient (Wildman–Crippen LogP) is 5.25. The van der Waals surface area contributed by atoms with Crippen molar-refractivity contribution in [1.82, 2.24) is 0 Å². The van der Waals surface area contributed by atoms with Crippen LogP contribution >= 0.6 is 0 Å². The average molecular weight is 506 g/mol. The lowest BCUT2D eigenvalue weighted by Crippen LogP contribution is -2.65. The first-order valence-electron chi connectivity index (χ1n) is 14.6. The first-order chi connectivity index (χ1) is 17.7. The molecule has 7 rings (SSSR count). The zero-order valence-corrected chi connectivity index (χ0v) is 22.5. The molecule has 0 unspecified atom stereocenters. The van der Waals surface area contributed by atoms with Crippen molar-refractivity contribution in [3.05, 3.63) is 53.8 Å². The third-order valence-corrected chi connectivity index (χ3v) is 12.7. The van der Waals surface area contributed by atoms with Crippen LogP contribution in [-0.2, 0) is 11.2 Å². The summed E-state index contributed by atoms with van der Waals surface area (Å²) in [6.45, 7) is 4.88. The van der Waals surface area contributed by atoms with Crippen LogP contribution in [0, 0.1) is 45.8 Å². The molecule has 11 atom stereocenters. The lowest BCUT2D eigenvalue weighted by Gasteiger charge is -2.63. The van der Waals surface area contributed by atoms with Gasteiger partial charge in [-0.25, -0.2) is 0 Å². The van der Waals surface area contributed by atoms with Gasteiger partial charge in [-0.2, -0.15) is 0 Å². The number of hydrogen-bond acceptors (Lipinski definition) is 5. The van der Waals surface area contributed by atoms with Crippen LogP contribution in [0.1, 0.15) is 57.9 Å². The molecule has 6 aliphatic carbocycles. The Labute approximate surface area is 221 Å². The van der Waals surface area contributed by atoms with Gasteiger partial charge in [-0.3, -0.25) is 0 Å². The topological polar surface area (TPSA) is 82.0 Å². The maximum atomic E-state index is 12.7. The van der Waals surface area contributed by atoms with Crippen LogP contribution in [0.15, 0.2) is 48.3 Å². The molecule has 1 spiro atoms. The van der Waals surface area contributed by atoms with Crippen LogP contribution in [-0.4, -0.2) is 46.8 Å². The van der Waals surface area contributed by atoms with E-state index in [1.54, 1.807) is 14.0 Å². The molecule has 4 saturated carbocycles. The Morgan fingerprint density at radius 3 is 2.81 bits per heavy atom. The Hall–Kier alpha value is -1.82. The molecule has 0 aliphatic heterocycles.